The summed E-state index contributed by atoms with van der Waals surface area (Å²) < 4.78 is 3.95. The van der Waals surface area contributed by atoms with Crippen molar-refractivity contribution in [3.8, 4) is 11.5 Å². The molecule has 18 heavy (non-hydrogen) atoms. The normalized spacial score (nSPS) is 10.4. The molecule has 94 valence electrons. The number of hydrogen-bond donors (Lipinski definition) is 2. The summed E-state index contributed by atoms with van der Waals surface area (Å²) in [6, 6.07) is 7.00. The molecule has 0 aliphatic carbocycles. The van der Waals surface area contributed by atoms with Gasteiger partial charge in [-0.15, -0.1) is 0 Å². The van der Waals surface area contributed by atoms with Gasteiger partial charge in [-0.1, -0.05) is 0 Å². The smallest absolute Gasteiger partial charge is 0.210 e. The predicted molar refractivity (Wildman–Crippen MR) is 65.8 cm³/mol. The predicted octanol–water partition coefficient (Wildman–Crippen LogP) is 1.15. The lowest BCUT2D eigenvalue weighted by Gasteiger charge is -1.98. The fourth-order valence-corrected chi connectivity index (χ4v) is 1.88. The van der Waals surface area contributed by atoms with Crippen molar-refractivity contribution in [3.63, 3.8) is 0 Å². The van der Waals surface area contributed by atoms with E-state index in [1.54, 1.807) is 24.5 Å². The van der Waals surface area contributed by atoms with E-state index in [2.05, 4.69) is 0 Å². The van der Waals surface area contributed by atoms with Crippen LogP contribution >= 0.6 is 0 Å². The molecule has 2 aromatic heterocycles. The number of aromatic hydroxyl groups is 2. The topological polar surface area (TPSA) is 48.2 Å². The highest BCUT2D eigenvalue weighted by atomic mass is 16.3. The second-order valence-corrected chi connectivity index (χ2v) is 4.31. The Labute approximate surface area is 106 Å². The van der Waals surface area contributed by atoms with Crippen molar-refractivity contribution in [2.75, 3.05) is 0 Å². The van der Waals surface area contributed by atoms with Crippen LogP contribution in [0.4, 0.5) is 0 Å². The Bertz CT molecular complexity index is 467. The molecule has 2 aromatic rings. The van der Waals surface area contributed by atoms with Gasteiger partial charge in [0, 0.05) is 25.0 Å². The molecule has 0 aromatic carbocycles. The van der Waals surface area contributed by atoms with Crippen LogP contribution in [0.1, 0.15) is 12.8 Å². The van der Waals surface area contributed by atoms with Crippen molar-refractivity contribution < 1.29 is 19.3 Å². The maximum atomic E-state index is 9.33. The van der Waals surface area contributed by atoms with Crippen molar-refractivity contribution in [1.82, 2.24) is 0 Å². The highest BCUT2D eigenvalue weighted by Gasteiger charge is 2.04. The summed E-state index contributed by atoms with van der Waals surface area (Å²) in [5.74, 6) is 0.583. The standard InChI is InChI=1S/C14H16N2O2/c17-13-5-3-9-15(11-13)7-1-2-8-16-10-4-6-14(18)12-16/h3-6,9-12H,1-2,7-8H2/p+2. The molecule has 2 rings (SSSR count). The van der Waals surface area contributed by atoms with Crippen LogP contribution in [0.5, 0.6) is 11.5 Å². The third-order valence-corrected chi connectivity index (χ3v) is 2.77. The summed E-state index contributed by atoms with van der Waals surface area (Å²) in [6.45, 7) is 1.77. The van der Waals surface area contributed by atoms with Crippen molar-refractivity contribution in [2.24, 2.45) is 0 Å². The van der Waals surface area contributed by atoms with E-state index in [1.807, 2.05) is 33.7 Å². The van der Waals surface area contributed by atoms with Gasteiger partial charge in [0.25, 0.3) is 0 Å². The van der Waals surface area contributed by atoms with Crippen LogP contribution in [-0.4, -0.2) is 10.2 Å². The van der Waals surface area contributed by atoms with Crippen molar-refractivity contribution >= 4 is 0 Å². The molecule has 4 nitrogen and oxygen atoms in total. The van der Waals surface area contributed by atoms with Gasteiger partial charge in [0.15, 0.2) is 23.9 Å². The number of hydrogen-bond acceptors (Lipinski definition) is 2. The molecule has 0 saturated heterocycles. The molecule has 0 radical (unpaired) electrons. The zero-order valence-corrected chi connectivity index (χ0v) is 10.2. The van der Waals surface area contributed by atoms with Gasteiger partial charge in [-0.25, -0.2) is 9.13 Å². The van der Waals surface area contributed by atoms with Gasteiger partial charge in [-0.3, -0.25) is 0 Å². The molecular formula is C14H18N2O2+2. The highest BCUT2D eigenvalue weighted by Crippen LogP contribution is 2.02. The maximum Gasteiger partial charge on any atom is 0.210 e. The number of nitrogens with zero attached hydrogens (tertiary/aromatic N) is 2. The average Bonchev–Trinajstić information content (AvgIpc) is 2.35. The van der Waals surface area contributed by atoms with Gasteiger partial charge >= 0.3 is 0 Å². The van der Waals surface area contributed by atoms with Crippen LogP contribution in [0.2, 0.25) is 0 Å². The second-order valence-electron chi connectivity index (χ2n) is 4.31. The summed E-state index contributed by atoms with van der Waals surface area (Å²) in [5.41, 5.74) is 0. The minimum atomic E-state index is 0.292. The first-order valence-corrected chi connectivity index (χ1v) is 6.10. The highest BCUT2D eigenvalue weighted by molar-refractivity contribution is 5.09. The minimum absolute atomic E-state index is 0.292. The summed E-state index contributed by atoms with van der Waals surface area (Å²) in [6.07, 6.45) is 9.39. The molecule has 2 N–H and O–H groups in total. The van der Waals surface area contributed by atoms with E-state index >= 15 is 0 Å². The summed E-state index contributed by atoms with van der Waals surface area (Å²) >= 11 is 0. The molecule has 2 heterocycles. The zero-order valence-electron chi connectivity index (χ0n) is 10.2. The third kappa shape index (κ3) is 3.73. The van der Waals surface area contributed by atoms with Crippen LogP contribution in [-0.2, 0) is 13.1 Å². The van der Waals surface area contributed by atoms with Crippen molar-refractivity contribution in [2.45, 2.75) is 25.9 Å². The van der Waals surface area contributed by atoms with E-state index in [-0.39, 0.29) is 0 Å². The molecule has 0 spiro atoms. The largest absolute Gasteiger partial charge is 0.503 e. The average molecular weight is 246 g/mol. The third-order valence-electron chi connectivity index (χ3n) is 2.77. The molecule has 0 fully saturated rings. The molecular weight excluding hydrogens is 228 g/mol. The van der Waals surface area contributed by atoms with Crippen LogP contribution in [0.25, 0.3) is 0 Å². The monoisotopic (exact) mass is 246 g/mol. The molecule has 4 heteroatoms. The van der Waals surface area contributed by atoms with Gasteiger partial charge in [0.1, 0.15) is 13.1 Å². The summed E-state index contributed by atoms with van der Waals surface area (Å²) in [5, 5.41) is 18.7. The Kier molecular flexibility index (Phi) is 4.12. The molecule has 0 bridgehead atoms. The fraction of sp³-hybridized carbons (Fsp3) is 0.286. The van der Waals surface area contributed by atoms with Gasteiger partial charge < -0.3 is 10.2 Å². The minimum Gasteiger partial charge on any atom is -0.503 e. The summed E-state index contributed by atoms with van der Waals surface area (Å²) in [4.78, 5) is 0. The van der Waals surface area contributed by atoms with Crippen molar-refractivity contribution in [1.29, 1.82) is 0 Å². The first-order chi connectivity index (χ1) is 8.74. The number of aryl methyl sites for hydroxylation is 2. The van der Waals surface area contributed by atoms with Gasteiger partial charge in [0.05, 0.1) is 0 Å². The lowest BCUT2D eigenvalue weighted by molar-refractivity contribution is -0.708. The van der Waals surface area contributed by atoms with Gasteiger partial charge in [0.2, 0.25) is 12.4 Å². The number of aromatic nitrogens is 2. The summed E-state index contributed by atoms with van der Waals surface area (Å²) in [7, 11) is 0. The van der Waals surface area contributed by atoms with Gasteiger partial charge in [-0.05, 0) is 12.1 Å². The van der Waals surface area contributed by atoms with E-state index in [9.17, 15) is 10.2 Å². The number of rotatable bonds is 5. The lowest BCUT2D eigenvalue weighted by atomic mass is 10.3. The van der Waals surface area contributed by atoms with E-state index in [0.717, 1.165) is 25.9 Å². The fourth-order valence-electron chi connectivity index (χ4n) is 1.88. The number of pyridine rings is 2. The Hall–Kier alpha value is -2.10. The maximum absolute atomic E-state index is 9.33. The van der Waals surface area contributed by atoms with E-state index in [4.69, 9.17) is 0 Å². The van der Waals surface area contributed by atoms with E-state index in [0.29, 0.717) is 11.5 Å². The molecule has 0 unspecified atom stereocenters. The van der Waals surface area contributed by atoms with Crippen LogP contribution < -0.4 is 9.13 Å². The SMILES string of the molecule is Oc1ccc[n+](CCCC[n+]2cccc(O)c2)c1. The van der Waals surface area contributed by atoms with E-state index in [1.165, 1.54) is 0 Å². The first-order valence-electron chi connectivity index (χ1n) is 6.10. The van der Waals surface area contributed by atoms with Gasteiger partial charge in [-0.2, -0.15) is 0 Å². The molecule has 0 aliphatic rings. The Morgan fingerprint density at radius 1 is 0.778 bits per heavy atom. The van der Waals surface area contributed by atoms with Crippen LogP contribution in [0.15, 0.2) is 49.1 Å². The van der Waals surface area contributed by atoms with E-state index < -0.39 is 0 Å². The molecule has 0 atom stereocenters. The quantitative estimate of drug-likeness (QED) is 0.614. The molecule has 0 amide bonds. The first kappa shape index (κ1) is 12.4. The Balaban J connectivity index is 1.76. The number of unbranched alkanes of at least 4 members (excludes halogenated alkanes) is 1. The lowest BCUT2D eigenvalue weighted by Crippen LogP contribution is -2.35. The zero-order chi connectivity index (χ0) is 12.8. The molecule has 0 saturated carbocycles. The Morgan fingerprint density at radius 3 is 1.61 bits per heavy atom. The molecule has 0 aliphatic heterocycles. The van der Waals surface area contributed by atoms with Crippen molar-refractivity contribution in [3.05, 3.63) is 49.1 Å². The van der Waals surface area contributed by atoms with Crippen LogP contribution in [0, 0.1) is 0 Å². The second kappa shape index (κ2) is 6.00. The van der Waals surface area contributed by atoms with Crippen LogP contribution in [0.3, 0.4) is 0 Å². The Morgan fingerprint density at radius 2 is 1.22 bits per heavy atom.